The van der Waals surface area contributed by atoms with Crippen molar-refractivity contribution >= 4 is 48.1 Å². The van der Waals surface area contributed by atoms with Crippen LogP contribution >= 0.6 is 11.3 Å². The quantitative estimate of drug-likeness (QED) is 0.420. The van der Waals surface area contributed by atoms with Crippen molar-refractivity contribution in [3.05, 3.63) is 75.9 Å². The van der Waals surface area contributed by atoms with Gasteiger partial charge >= 0.3 is 10.1 Å². The number of thiophene rings is 1. The molecule has 1 aliphatic heterocycles. The van der Waals surface area contributed by atoms with Gasteiger partial charge in [-0.25, -0.2) is 0 Å². The molecule has 2 aromatic heterocycles. The molecule has 0 bridgehead atoms. The van der Waals surface area contributed by atoms with Gasteiger partial charge in [0.1, 0.15) is 0 Å². The van der Waals surface area contributed by atoms with Gasteiger partial charge in [0.15, 0.2) is 0 Å². The summed E-state index contributed by atoms with van der Waals surface area (Å²) in [5.41, 5.74) is 2.29. The minimum absolute atomic E-state index is 0.458. The molecule has 5 rings (SSSR count). The van der Waals surface area contributed by atoms with Crippen LogP contribution in [-0.2, 0) is 16.5 Å². The molecule has 0 N–H and O–H groups in total. The van der Waals surface area contributed by atoms with Crippen molar-refractivity contribution in [3.63, 3.8) is 0 Å². The highest BCUT2D eigenvalue weighted by molar-refractivity contribution is 7.86. The van der Waals surface area contributed by atoms with Gasteiger partial charge in [0.2, 0.25) is 0 Å². The van der Waals surface area contributed by atoms with Crippen molar-refractivity contribution in [3.8, 4) is 0 Å². The lowest BCUT2D eigenvalue weighted by atomic mass is 10.1. The maximum atomic E-state index is 12.2. The highest BCUT2D eigenvalue weighted by Crippen LogP contribution is 2.31. The standard InChI is InChI=1S/C24H25N3O4S2/c1-33(29,30)31-27-22-17-18(5-6-19(22)7-8-24(27)28)9-11-25-12-14-26(15-13-25)21-3-2-4-23-20(21)10-16-32-23/h2-8,10,16-17H,9,11-15H2,1H3. The molecule has 9 heteroatoms. The van der Waals surface area contributed by atoms with E-state index in [1.54, 1.807) is 17.4 Å². The summed E-state index contributed by atoms with van der Waals surface area (Å²) in [6.07, 6.45) is 1.73. The lowest BCUT2D eigenvalue weighted by Crippen LogP contribution is -2.47. The molecule has 1 fully saturated rings. The van der Waals surface area contributed by atoms with Gasteiger partial charge in [-0.1, -0.05) is 18.2 Å². The maximum Gasteiger partial charge on any atom is 0.324 e. The first kappa shape index (κ1) is 21.9. The van der Waals surface area contributed by atoms with Gasteiger partial charge in [-0.15, -0.1) is 16.1 Å². The number of fused-ring (bicyclic) bond motifs is 2. The number of nitrogens with zero attached hydrogens (tertiary/aromatic N) is 3. The van der Waals surface area contributed by atoms with E-state index in [1.165, 1.54) is 21.8 Å². The van der Waals surface area contributed by atoms with Crippen LogP contribution in [0.25, 0.3) is 21.0 Å². The minimum Gasteiger partial charge on any atom is -0.368 e. The van der Waals surface area contributed by atoms with Gasteiger partial charge in [0, 0.05) is 59.9 Å². The van der Waals surface area contributed by atoms with Crippen LogP contribution < -0.4 is 14.7 Å². The Bertz CT molecular complexity index is 1470. The van der Waals surface area contributed by atoms with E-state index < -0.39 is 15.7 Å². The second kappa shape index (κ2) is 8.81. The fourth-order valence-electron chi connectivity index (χ4n) is 4.37. The highest BCUT2D eigenvalue weighted by atomic mass is 32.2. The minimum atomic E-state index is -3.82. The summed E-state index contributed by atoms with van der Waals surface area (Å²) in [6, 6.07) is 17.5. The van der Waals surface area contributed by atoms with Crippen molar-refractivity contribution < 1.29 is 12.7 Å². The van der Waals surface area contributed by atoms with Gasteiger partial charge in [0.25, 0.3) is 5.56 Å². The fourth-order valence-corrected chi connectivity index (χ4v) is 5.61. The van der Waals surface area contributed by atoms with E-state index in [0.29, 0.717) is 5.52 Å². The molecular weight excluding hydrogens is 458 g/mol. The monoisotopic (exact) mass is 483 g/mol. The molecule has 2 aromatic carbocycles. The first-order valence-corrected chi connectivity index (χ1v) is 13.6. The fraction of sp³-hybridized carbons (Fsp3) is 0.292. The number of hydrogen-bond donors (Lipinski definition) is 0. The summed E-state index contributed by atoms with van der Waals surface area (Å²) >= 11 is 1.78. The smallest absolute Gasteiger partial charge is 0.324 e. The van der Waals surface area contributed by atoms with Crippen LogP contribution in [0.2, 0.25) is 0 Å². The molecule has 4 aromatic rings. The van der Waals surface area contributed by atoms with Crippen LogP contribution in [0, 0.1) is 0 Å². The Kier molecular flexibility index (Phi) is 5.86. The molecule has 0 amide bonds. The SMILES string of the molecule is CS(=O)(=O)On1c(=O)ccc2ccc(CCN3CCN(c4cccc5sccc45)CC3)cc21. The van der Waals surface area contributed by atoms with Gasteiger partial charge in [0.05, 0.1) is 11.8 Å². The zero-order valence-electron chi connectivity index (χ0n) is 18.3. The highest BCUT2D eigenvalue weighted by Gasteiger charge is 2.19. The molecule has 172 valence electrons. The molecule has 0 radical (unpaired) electrons. The van der Waals surface area contributed by atoms with Gasteiger partial charge < -0.3 is 4.90 Å². The first-order chi connectivity index (χ1) is 15.9. The Morgan fingerprint density at radius 1 is 1.00 bits per heavy atom. The third-order valence-electron chi connectivity index (χ3n) is 6.03. The second-order valence-corrected chi connectivity index (χ2v) is 10.8. The predicted molar refractivity (Wildman–Crippen MR) is 134 cm³/mol. The molecule has 1 aliphatic rings. The average molecular weight is 484 g/mol. The van der Waals surface area contributed by atoms with Crippen molar-refractivity contribution in [1.82, 2.24) is 9.63 Å². The van der Waals surface area contributed by atoms with Crippen LogP contribution in [0.4, 0.5) is 5.69 Å². The summed E-state index contributed by atoms with van der Waals surface area (Å²) in [7, 11) is -3.82. The Labute approximate surface area is 196 Å². The molecule has 0 spiro atoms. The Balaban J connectivity index is 1.26. The zero-order valence-corrected chi connectivity index (χ0v) is 19.9. The summed E-state index contributed by atoms with van der Waals surface area (Å²) in [4.78, 5) is 17.1. The number of hydrogen-bond acceptors (Lipinski definition) is 7. The predicted octanol–water partition coefficient (Wildman–Crippen LogP) is 2.97. The van der Waals surface area contributed by atoms with E-state index in [1.807, 2.05) is 18.2 Å². The van der Waals surface area contributed by atoms with Crippen molar-refractivity contribution in [2.75, 3.05) is 43.9 Å². The van der Waals surface area contributed by atoms with Crippen LogP contribution in [0.5, 0.6) is 0 Å². The number of benzene rings is 2. The first-order valence-electron chi connectivity index (χ1n) is 10.9. The van der Waals surface area contributed by atoms with E-state index in [4.69, 9.17) is 4.28 Å². The maximum absolute atomic E-state index is 12.2. The largest absolute Gasteiger partial charge is 0.368 e. The summed E-state index contributed by atoms with van der Waals surface area (Å²) in [5, 5.41) is 4.22. The third kappa shape index (κ3) is 4.75. The number of rotatable bonds is 6. The second-order valence-electron chi connectivity index (χ2n) is 8.33. The Hall–Kier alpha value is -2.88. The van der Waals surface area contributed by atoms with Gasteiger partial charge in [-0.3, -0.25) is 14.0 Å². The lowest BCUT2D eigenvalue weighted by Gasteiger charge is -2.36. The number of anilines is 1. The zero-order chi connectivity index (χ0) is 23.0. The number of piperazine rings is 1. The molecular formula is C24H25N3O4S2. The van der Waals surface area contributed by atoms with Crippen LogP contribution in [-0.4, -0.2) is 57.0 Å². The summed E-state index contributed by atoms with van der Waals surface area (Å²) in [6.45, 7) is 4.82. The van der Waals surface area contributed by atoms with E-state index in [2.05, 4.69) is 39.4 Å². The molecule has 7 nitrogen and oxygen atoms in total. The van der Waals surface area contributed by atoms with E-state index in [9.17, 15) is 13.2 Å². The Morgan fingerprint density at radius 2 is 1.79 bits per heavy atom. The van der Waals surface area contributed by atoms with Crippen LogP contribution in [0.3, 0.4) is 0 Å². The lowest BCUT2D eigenvalue weighted by molar-refractivity contribution is 0.261. The summed E-state index contributed by atoms with van der Waals surface area (Å²) < 4.78 is 30.3. The van der Waals surface area contributed by atoms with E-state index in [-0.39, 0.29) is 0 Å². The third-order valence-corrected chi connectivity index (χ3v) is 7.33. The van der Waals surface area contributed by atoms with Gasteiger partial charge in [-0.05, 0) is 47.7 Å². The Morgan fingerprint density at radius 3 is 2.58 bits per heavy atom. The van der Waals surface area contributed by atoms with Crippen molar-refractivity contribution in [2.24, 2.45) is 0 Å². The van der Waals surface area contributed by atoms with Gasteiger partial charge in [-0.2, -0.15) is 8.42 Å². The average Bonchev–Trinajstić information content (AvgIpc) is 3.28. The molecule has 0 saturated carbocycles. The number of pyridine rings is 1. The molecule has 3 heterocycles. The van der Waals surface area contributed by atoms with Crippen LogP contribution in [0.15, 0.2) is 64.8 Å². The van der Waals surface area contributed by atoms with E-state index in [0.717, 1.165) is 61.1 Å². The molecule has 1 saturated heterocycles. The molecule has 0 aliphatic carbocycles. The normalized spacial score (nSPS) is 15.4. The number of aromatic nitrogens is 1. The van der Waals surface area contributed by atoms with Crippen molar-refractivity contribution in [2.45, 2.75) is 6.42 Å². The molecule has 0 atom stereocenters. The molecule has 0 unspecified atom stereocenters. The van der Waals surface area contributed by atoms with Crippen molar-refractivity contribution in [1.29, 1.82) is 0 Å². The summed E-state index contributed by atoms with van der Waals surface area (Å²) in [5.74, 6) is 0. The van der Waals surface area contributed by atoms with Crippen LogP contribution in [0.1, 0.15) is 5.56 Å². The molecule has 33 heavy (non-hydrogen) atoms. The van der Waals surface area contributed by atoms with E-state index >= 15 is 0 Å². The topological polar surface area (TPSA) is 71.8 Å².